The van der Waals surface area contributed by atoms with Crippen molar-refractivity contribution in [1.82, 2.24) is 9.80 Å². The zero-order valence-corrected chi connectivity index (χ0v) is 8.10. The molecule has 0 aromatic carbocycles. The first-order valence-corrected chi connectivity index (χ1v) is 4.49. The molecule has 0 radical (unpaired) electrons. The SMILES string of the molecule is CCC(CC(=O)O)N1C=CN(C)C1. The van der Waals surface area contributed by atoms with Crippen LogP contribution >= 0.6 is 0 Å². The van der Waals surface area contributed by atoms with Crippen molar-refractivity contribution < 1.29 is 9.90 Å². The Bertz CT molecular complexity index is 216. The highest BCUT2D eigenvalue weighted by atomic mass is 16.4. The Morgan fingerprint density at radius 3 is 2.69 bits per heavy atom. The Balaban J connectivity index is 2.47. The van der Waals surface area contributed by atoms with Crippen LogP contribution in [0.4, 0.5) is 0 Å². The highest BCUT2D eigenvalue weighted by molar-refractivity contribution is 5.67. The third-order valence-corrected chi connectivity index (χ3v) is 2.25. The van der Waals surface area contributed by atoms with Crippen molar-refractivity contribution in [1.29, 1.82) is 0 Å². The Labute approximate surface area is 78.4 Å². The summed E-state index contributed by atoms with van der Waals surface area (Å²) in [5.41, 5.74) is 0. The van der Waals surface area contributed by atoms with Gasteiger partial charge in [-0.15, -0.1) is 0 Å². The molecular weight excluding hydrogens is 168 g/mol. The van der Waals surface area contributed by atoms with Crippen LogP contribution in [-0.4, -0.2) is 40.6 Å². The van der Waals surface area contributed by atoms with Gasteiger partial charge in [0.15, 0.2) is 0 Å². The molecule has 4 nitrogen and oxygen atoms in total. The third kappa shape index (κ3) is 2.65. The first-order chi connectivity index (χ1) is 6.13. The van der Waals surface area contributed by atoms with Crippen LogP contribution in [0.1, 0.15) is 19.8 Å². The normalized spacial score (nSPS) is 18.0. The van der Waals surface area contributed by atoms with Crippen molar-refractivity contribution in [3.05, 3.63) is 12.4 Å². The van der Waals surface area contributed by atoms with E-state index in [1.54, 1.807) is 0 Å². The molecule has 1 aliphatic heterocycles. The predicted octanol–water partition coefficient (Wildman–Crippen LogP) is 0.916. The van der Waals surface area contributed by atoms with Crippen LogP contribution in [-0.2, 0) is 4.79 Å². The van der Waals surface area contributed by atoms with E-state index in [1.807, 2.05) is 31.3 Å². The summed E-state index contributed by atoms with van der Waals surface area (Å²) in [6.07, 6.45) is 5.00. The standard InChI is InChI=1S/C9H16N2O2/c1-3-8(6-9(12)13)11-5-4-10(2)7-11/h4-5,8H,3,6-7H2,1-2H3,(H,12,13). The minimum Gasteiger partial charge on any atom is -0.481 e. The summed E-state index contributed by atoms with van der Waals surface area (Å²) in [6, 6.07) is 0.124. The smallest absolute Gasteiger partial charge is 0.305 e. The monoisotopic (exact) mass is 184 g/mol. The van der Waals surface area contributed by atoms with Crippen LogP contribution in [0.3, 0.4) is 0 Å². The topological polar surface area (TPSA) is 43.8 Å². The van der Waals surface area contributed by atoms with E-state index in [2.05, 4.69) is 4.90 Å². The maximum absolute atomic E-state index is 10.5. The lowest BCUT2D eigenvalue weighted by atomic mass is 10.1. The minimum absolute atomic E-state index is 0.124. The number of carboxylic acid groups (broad SMARTS) is 1. The van der Waals surface area contributed by atoms with Gasteiger partial charge in [0.25, 0.3) is 0 Å². The highest BCUT2D eigenvalue weighted by Gasteiger charge is 2.20. The molecule has 74 valence electrons. The van der Waals surface area contributed by atoms with E-state index in [1.165, 1.54) is 0 Å². The van der Waals surface area contributed by atoms with Gasteiger partial charge in [-0.25, -0.2) is 0 Å². The lowest BCUT2D eigenvalue weighted by molar-refractivity contribution is -0.138. The Morgan fingerprint density at radius 1 is 1.62 bits per heavy atom. The third-order valence-electron chi connectivity index (χ3n) is 2.25. The molecule has 0 amide bonds. The molecule has 0 fully saturated rings. The molecule has 0 saturated heterocycles. The van der Waals surface area contributed by atoms with Crippen molar-refractivity contribution in [2.24, 2.45) is 0 Å². The number of rotatable bonds is 4. The molecule has 1 N–H and O–H groups in total. The largest absolute Gasteiger partial charge is 0.481 e. The summed E-state index contributed by atoms with van der Waals surface area (Å²) in [6.45, 7) is 2.81. The van der Waals surface area contributed by atoms with Crippen molar-refractivity contribution in [3.63, 3.8) is 0 Å². The van der Waals surface area contributed by atoms with E-state index in [0.717, 1.165) is 13.1 Å². The molecule has 0 saturated carbocycles. The summed E-state index contributed by atoms with van der Waals surface area (Å²) in [5.74, 6) is -0.727. The van der Waals surface area contributed by atoms with Crippen molar-refractivity contribution >= 4 is 5.97 Å². The van der Waals surface area contributed by atoms with Gasteiger partial charge < -0.3 is 14.9 Å². The van der Waals surface area contributed by atoms with Crippen molar-refractivity contribution in [3.8, 4) is 0 Å². The number of hydrogen-bond acceptors (Lipinski definition) is 3. The summed E-state index contributed by atoms with van der Waals surface area (Å²) in [4.78, 5) is 14.6. The van der Waals surface area contributed by atoms with Gasteiger partial charge in [0.1, 0.15) is 0 Å². The molecule has 0 aliphatic carbocycles. The molecule has 1 aliphatic rings. The van der Waals surface area contributed by atoms with Gasteiger partial charge in [0, 0.05) is 25.5 Å². The fourth-order valence-electron chi connectivity index (χ4n) is 1.49. The maximum Gasteiger partial charge on any atom is 0.305 e. The zero-order valence-electron chi connectivity index (χ0n) is 8.10. The van der Waals surface area contributed by atoms with Crippen LogP contribution in [0.25, 0.3) is 0 Å². The van der Waals surface area contributed by atoms with Gasteiger partial charge in [-0.3, -0.25) is 4.79 Å². The van der Waals surface area contributed by atoms with Gasteiger partial charge in [-0.2, -0.15) is 0 Å². The lowest BCUT2D eigenvalue weighted by Gasteiger charge is -2.26. The number of carbonyl (C=O) groups is 1. The second-order valence-electron chi connectivity index (χ2n) is 3.37. The molecule has 0 bridgehead atoms. The number of carboxylic acids is 1. The average Bonchev–Trinajstić information content (AvgIpc) is 2.47. The Morgan fingerprint density at radius 2 is 2.31 bits per heavy atom. The van der Waals surface area contributed by atoms with E-state index in [4.69, 9.17) is 5.11 Å². The number of aliphatic carboxylic acids is 1. The van der Waals surface area contributed by atoms with Crippen molar-refractivity contribution in [2.75, 3.05) is 13.7 Å². The van der Waals surface area contributed by atoms with E-state index in [-0.39, 0.29) is 12.5 Å². The van der Waals surface area contributed by atoms with E-state index in [9.17, 15) is 4.79 Å². The van der Waals surface area contributed by atoms with E-state index in [0.29, 0.717) is 0 Å². The van der Waals surface area contributed by atoms with Gasteiger partial charge in [-0.05, 0) is 6.42 Å². The molecule has 13 heavy (non-hydrogen) atoms. The minimum atomic E-state index is -0.727. The molecule has 0 spiro atoms. The first kappa shape index (κ1) is 9.89. The van der Waals surface area contributed by atoms with Crippen molar-refractivity contribution in [2.45, 2.75) is 25.8 Å². The molecule has 1 rings (SSSR count). The quantitative estimate of drug-likeness (QED) is 0.705. The first-order valence-electron chi connectivity index (χ1n) is 4.49. The fraction of sp³-hybridized carbons (Fsp3) is 0.667. The van der Waals surface area contributed by atoms with Gasteiger partial charge in [0.05, 0.1) is 13.1 Å². The Hall–Kier alpha value is -1.19. The molecule has 1 unspecified atom stereocenters. The van der Waals surface area contributed by atoms with Crippen LogP contribution in [0, 0.1) is 0 Å². The van der Waals surface area contributed by atoms with Crippen LogP contribution in [0.15, 0.2) is 12.4 Å². The fourth-order valence-corrected chi connectivity index (χ4v) is 1.49. The maximum atomic E-state index is 10.5. The molecule has 1 atom stereocenters. The summed E-state index contributed by atoms with van der Waals surface area (Å²) in [7, 11) is 1.98. The Kier molecular flexibility index (Phi) is 3.17. The molecule has 1 heterocycles. The second kappa shape index (κ2) is 4.16. The number of nitrogens with zero attached hydrogens (tertiary/aromatic N) is 2. The predicted molar refractivity (Wildman–Crippen MR) is 49.9 cm³/mol. The number of hydrogen-bond donors (Lipinski definition) is 1. The zero-order chi connectivity index (χ0) is 9.84. The average molecular weight is 184 g/mol. The molecule has 4 heteroatoms. The highest BCUT2D eigenvalue weighted by Crippen LogP contribution is 2.14. The van der Waals surface area contributed by atoms with Crippen LogP contribution in [0.5, 0.6) is 0 Å². The van der Waals surface area contributed by atoms with Gasteiger partial charge in [-0.1, -0.05) is 6.92 Å². The van der Waals surface area contributed by atoms with Crippen LogP contribution in [0.2, 0.25) is 0 Å². The summed E-state index contributed by atoms with van der Waals surface area (Å²) >= 11 is 0. The molecular formula is C9H16N2O2. The van der Waals surface area contributed by atoms with Gasteiger partial charge in [0.2, 0.25) is 0 Å². The molecule has 0 aromatic rings. The van der Waals surface area contributed by atoms with E-state index < -0.39 is 5.97 Å². The summed E-state index contributed by atoms with van der Waals surface area (Å²) in [5, 5.41) is 8.68. The molecule has 0 aromatic heterocycles. The van der Waals surface area contributed by atoms with E-state index >= 15 is 0 Å². The second-order valence-corrected chi connectivity index (χ2v) is 3.37. The van der Waals surface area contributed by atoms with Gasteiger partial charge >= 0.3 is 5.97 Å². The van der Waals surface area contributed by atoms with Crippen LogP contribution < -0.4 is 0 Å². The summed E-state index contributed by atoms with van der Waals surface area (Å²) < 4.78 is 0. The lowest BCUT2D eigenvalue weighted by Crippen LogP contribution is -2.34.